The van der Waals surface area contributed by atoms with Gasteiger partial charge in [0, 0.05) is 24.0 Å². The lowest BCUT2D eigenvalue weighted by atomic mass is 10.1. The molecule has 2 rings (SSSR count). The molecule has 0 bridgehead atoms. The molecule has 5 nitrogen and oxygen atoms in total. The van der Waals surface area contributed by atoms with Gasteiger partial charge in [-0.05, 0) is 49.2 Å². The van der Waals surface area contributed by atoms with Gasteiger partial charge in [-0.1, -0.05) is 6.92 Å². The molecule has 0 aliphatic carbocycles. The Bertz CT molecular complexity index is 702. The minimum atomic E-state index is -0.153. The van der Waals surface area contributed by atoms with Crippen molar-refractivity contribution >= 4 is 17.3 Å². The monoisotopic (exact) mass is 285 g/mol. The van der Waals surface area contributed by atoms with Crippen LogP contribution >= 0.6 is 0 Å². The number of carbonyl (C=O) groups is 1. The molecule has 0 saturated heterocycles. The second-order valence-corrected chi connectivity index (χ2v) is 4.80. The Balaban J connectivity index is 2.26. The summed E-state index contributed by atoms with van der Waals surface area (Å²) in [6.07, 6.45) is 0.854. The van der Waals surface area contributed by atoms with Gasteiger partial charge in [-0.2, -0.15) is 0 Å². The number of aryl methyl sites for hydroxylation is 2. The van der Waals surface area contributed by atoms with Crippen molar-refractivity contribution in [2.45, 2.75) is 20.3 Å². The van der Waals surface area contributed by atoms with Crippen LogP contribution < -0.4 is 16.2 Å². The van der Waals surface area contributed by atoms with E-state index in [1.807, 2.05) is 19.9 Å². The molecule has 1 heterocycles. The summed E-state index contributed by atoms with van der Waals surface area (Å²) in [6, 6.07) is 8.83. The van der Waals surface area contributed by atoms with Crippen LogP contribution in [0.5, 0.6) is 0 Å². The molecule has 0 aliphatic rings. The normalized spacial score (nSPS) is 10.2. The van der Waals surface area contributed by atoms with Crippen LogP contribution in [0.1, 0.15) is 28.5 Å². The summed E-state index contributed by atoms with van der Waals surface area (Å²) in [4.78, 5) is 26.3. The van der Waals surface area contributed by atoms with E-state index >= 15 is 0 Å². The maximum absolute atomic E-state index is 12.0. The van der Waals surface area contributed by atoms with Crippen LogP contribution in [0.25, 0.3) is 0 Å². The fourth-order valence-corrected chi connectivity index (χ4v) is 2.13. The highest BCUT2D eigenvalue weighted by atomic mass is 16.1. The van der Waals surface area contributed by atoms with Crippen molar-refractivity contribution in [1.82, 2.24) is 10.3 Å². The number of hydrogen-bond acceptors (Lipinski definition) is 3. The molecule has 0 spiro atoms. The van der Waals surface area contributed by atoms with Gasteiger partial charge in [-0.3, -0.25) is 9.59 Å². The zero-order valence-electron chi connectivity index (χ0n) is 12.4. The molecule has 0 saturated carbocycles. The minimum absolute atomic E-state index is 0.136. The molecule has 110 valence electrons. The van der Waals surface area contributed by atoms with Crippen LogP contribution in [0.15, 0.2) is 35.1 Å². The van der Waals surface area contributed by atoms with Crippen molar-refractivity contribution in [1.29, 1.82) is 0 Å². The molecule has 1 aromatic heterocycles. The largest absolute Gasteiger partial charge is 0.355 e. The first-order valence-corrected chi connectivity index (χ1v) is 6.87. The lowest BCUT2D eigenvalue weighted by Crippen LogP contribution is -2.17. The third kappa shape index (κ3) is 3.31. The standard InChI is InChI=1S/C16H19N3O2/c1-4-11-9-14(16(21)18-10(11)2)19-13-7-5-12(6-8-13)15(20)17-3/h5-9,19H,4H2,1-3H3,(H,17,20)(H,18,21). The summed E-state index contributed by atoms with van der Waals surface area (Å²) < 4.78 is 0. The Morgan fingerprint density at radius 2 is 1.90 bits per heavy atom. The van der Waals surface area contributed by atoms with Gasteiger partial charge in [-0.15, -0.1) is 0 Å². The summed E-state index contributed by atoms with van der Waals surface area (Å²) in [6.45, 7) is 3.94. The van der Waals surface area contributed by atoms with E-state index in [9.17, 15) is 9.59 Å². The van der Waals surface area contributed by atoms with Gasteiger partial charge in [0.25, 0.3) is 11.5 Å². The third-order valence-corrected chi connectivity index (χ3v) is 3.38. The molecule has 21 heavy (non-hydrogen) atoms. The zero-order chi connectivity index (χ0) is 15.4. The molecule has 1 aromatic carbocycles. The summed E-state index contributed by atoms with van der Waals surface area (Å²) in [7, 11) is 1.59. The summed E-state index contributed by atoms with van der Waals surface area (Å²) in [5, 5.41) is 5.65. The van der Waals surface area contributed by atoms with Gasteiger partial charge in [0.05, 0.1) is 0 Å². The van der Waals surface area contributed by atoms with Crippen LogP contribution in [0.3, 0.4) is 0 Å². The molecule has 3 N–H and O–H groups in total. The van der Waals surface area contributed by atoms with Crippen molar-refractivity contribution < 1.29 is 4.79 Å². The van der Waals surface area contributed by atoms with E-state index in [0.717, 1.165) is 23.4 Å². The van der Waals surface area contributed by atoms with Gasteiger partial charge < -0.3 is 15.6 Å². The number of H-pyrrole nitrogens is 1. The summed E-state index contributed by atoms with van der Waals surface area (Å²) >= 11 is 0. The first-order chi connectivity index (χ1) is 10.0. The van der Waals surface area contributed by atoms with Gasteiger partial charge in [0.1, 0.15) is 5.69 Å². The van der Waals surface area contributed by atoms with E-state index in [0.29, 0.717) is 11.3 Å². The van der Waals surface area contributed by atoms with E-state index < -0.39 is 0 Å². The first-order valence-electron chi connectivity index (χ1n) is 6.87. The molecule has 0 atom stereocenters. The van der Waals surface area contributed by atoms with Crippen LogP contribution in [0, 0.1) is 6.92 Å². The lowest BCUT2D eigenvalue weighted by molar-refractivity contribution is 0.0963. The van der Waals surface area contributed by atoms with Crippen molar-refractivity contribution in [2.24, 2.45) is 0 Å². The molecular formula is C16H19N3O2. The Morgan fingerprint density at radius 1 is 1.24 bits per heavy atom. The smallest absolute Gasteiger partial charge is 0.271 e. The van der Waals surface area contributed by atoms with Gasteiger partial charge >= 0.3 is 0 Å². The number of pyridine rings is 1. The lowest BCUT2D eigenvalue weighted by Gasteiger charge is -2.09. The minimum Gasteiger partial charge on any atom is -0.355 e. The van der Waals surface area contributed by atoms with Gasteiger partial charge in [0.15, 0.2) is 0 Å². The SMILES string of the molecule is CCc1cc(Nc2ccc(C(=O)NC)cc2)c(=O)[nH]c1C. The van der Waals surface area contributed by atoms with Crippen molar-refractivity contribution in [3.05, 3.63) is 57.5 Å². The van der Waals surface area contributed by atoms with E-state index in [1.54, 1.807) is 31.3 Å². The third-order valence-electron chi connectivity index (χ3n) is 3.38. The Labute approximate surface area is 123 Å². The second-order valence-electron chi connectivity index (χ2n) is 4.80. The second kappa shape index (κ2) is 6.26. The molecule has 0 fully saturated rings. The van der Waals surface area contributed by atoms with Gasteiger partial charge in [0.2, 0.25) is 0 Å². The topological polar surface area (TPSA) is 74.0 Å². The quantitative estimate of drug-likeness (QED) is 0.807. The fraction of sp³-hybridized carbons (Fsp3) is 0.250. The van der Waals surface area contributed by atoms with Crippen molar-refractivity contribution in [3.8, 4) is 0 Å². The number of carbonyl (C=O) groups excluding carboxylic acids is 1. The highest BCUT2D eigenvalue weighted by molar-refractivity contribution is 5.94. The summed E-state index contributed by atoms with van der Waals surface area (Å²) in [5.41, 5.74) is 3.68. The van der Waals surface area contributed by atoms with Crippen molar-refractivity contribution in [3.63, 3.8) is 0 Å². The fourth-order valence-electron chi connectivity index (χ4n) is 2.13. The van der Waals surface area contributed by atoms with E-state index in [4.69, 9.17) is 0 Å². The van der Waals surface area contributed by atoms with Crippen LogP contribution in [0.2, 0.25) is 0 Å². The number of aromatic nitrogens is 1. The van der Waals surface area contributed by atoms with Crippen LogP contribution in [0.4, 0.5) is 11.4 Å². The number of nitrogens with one attached hydrogen (secondary N) is 3. The maximum Gasteiger partial charge on any atom is 0.271 e. The number of anilines is 2. The molecule has 2 aromatic rings. The number of aromatic amines is 1. The Hall–Kier alpha value is -2.56. The molecule has 0 aliphatic heterocycles. The zero-order valence-corrected chi connectivity index (χ0v) is 12.4. The molecule has 5 heteroatoms. The summed E-state index contributed by atoms with van der Waals surface area (Å²) in [5.74, 6) is -0.136. The first kappa shape index (κ1) is 14.8. The van der Waals surface area contributed by atoms with E-state index in [1.165, 1.54) is 0 Å². The van der Waals surface area contributed by atoms with Crippen LogP contribution in [-0.2, 0) is 6.42 Å². The number of rotatable bonds is 4. The highest BCUT2D eigenvalue weighted by Crippen LogP contribution is 2.16. The Morgan fingerprint density at radius 3 is 2.48 bits per heavy atom. The average molecular weight is 285 g/mol. The number of amides is 1. The Kier molecular flexibility index (Phi) is 4.42. The van der Waals surface area contributed by atoms with Gasteiger partial charge in [-0.25, -0.2) is 0 Å². The van der Waals surface area contributed by atoms with Crippen LogP contribution in [-0.4, -0.2) is 17.9 Å². The number of benzene rings is 1. The average Bonchev–Trinajstić information content (AvgIpc) is 2.50. The van der Waals surface area contributed by atoms with E-state index in [-0.39, 0.29) is 11.5 Å². The molecule has 1 amide bonds. The molecule has 0 unspecified atom stereocenters. The predicted octanol–water partition coefficient (Wildman–Crippen LogP) is 2.35. The van der Waals surface area contributed by atoms with Crippen molar-refractivity contribution in [2.75, 3.05) is 12.4 Å². The predicted molar refractivity (Wildman–Crippen MR) is 84.3 cm³/mol. The maximum atomic E-state index is 12.0. The molecule has 0 radical (unpaired) electrons. The van der Waals surface area contributed by atoms with E-state index in [2.05, 4.69) is 15.6 Å². The highest BCUT2D eigenvalue weighted by Gasteiger charge is 2.06. The number of hydrogen-bond donors (Lipinski definition) is 3. The molecular weight excluding hydrogens is 266 g/mol.